The standard InChI is InChI=1S/C18H21N3O2/c1-4-23-17(22)16-12(2)19-18(20-13(16)3)21-10-9-14-7-5-6-8-15(14)11-21/h5-8H,4,9-11H2,1-3H3. The highest BCUT2D eigenvalue weighted by Gasteiger charge is 2.22. The van der Waals surface area contributed by atoms with E-state index in [2.05, 4.69) is 39.1 Å². The van der Waals surface area contributed by atoms with Crippen LogP contribution in [0, 0.1) is 13.8 Å². The van der Waals surface area contributed by atoms with Gasteiger partial charge in [-0.3, -0.25) is 0 Å². The van der Waals surface area contributed by atoms with Crippen molar-refractivity contribution >= 4 is 11.9 Å². The van der Waals surface area contributed by atoms with Gasteiger partial charge in [-0.1, -0.05) is 24.3 Å². The van der Waals surface area contributed by atoms with Crippen molar-refractivity contribution in [3.05, 3.63) is 52.3 Å². The molecule has 5 nitrogen and oxygen atoms in total. The molecule has 1 aromatic heterocycles. The van der Waals surface area contributed by atoms with Gasteiger partial charge in [0.25, 0.3) is 0 Å². The van der Waals surface area contributed by atoms with Gasteiger partial charge in [0.05, 0.1) is 18.0 Å². The average Bonchev–Trinajstić information content (AvgIpc) is 2.54. The van der Waals surface area contributed by atoms with Gasteiger partial charge in [-0.15, -0.1) is 0 Å². The van der Waals surface area contributed by atoms with Crippen LogP contribution in [0.2, 0.25) is 0 Å². The molecule has 2 heterocycles. The van der Waals surface area contributed by atoms with Crippen LogP contribution in [0.1, 0.15) is 39.8 Å². The highest BCUT2D eigenvalue weighted by Crippen LogP contribution is 2.23. The highest BCUT2D eigenvalue weighted by molar-refractivity contribution is 5.91. The third-order valence-corrected chi connectivity index (χ3v) is 4.15. The van der Waals surface area contributed by atoms with Crippen LogP contribution in [-0.2, 0) is 17.7 Å². The van der Waals surface area contributed by atoms with Crippen molar-refractivity contribution in [1.29, 1.82) is 0 Å². The smallest absolute Gasteiger partial charge is 0.341 e. The minimum absolute atomic E-state index is 0.349. The number of esters is 1. The number of carbonyl (C=O) groups is 1. The maximum atomic E-state index is 12.0. The van der Waals surface area contributed by atoms with E-state index in [1.165, 1.54) is 11.1 Å². The molecule has 120 valence electrons. The van der Waals surface area contributed by atoms with E-state index < -0.39 is 0 Å². The zero-order valence-electron chi connectivity index (χ0n) is 13.8. The molecule has 2 aromatic rings. The van der Waals surface area contributed by atoms with Crippen molar-refractivity contribution in [1.82, 2.24) is 9.97 Å². The number of aryl methyl sites for hydroxylation is 2. The molecule has 1 aromatic carbocycles. The van der Waals surface area contributed by atoms with Crippen LogP contribution in [-0.4, -0.2) is 29.1 Å². The SMILES string of the molecule is CCOC(=O)c1c(C)nc(N2CCc3ccccc3C2)nc1C. The van der Waals surface area contributed by atoms with Crippen molar-refractivity contribution in [3.8, 4) is 0 Å². The summed E-state index contributed by atoms with van der Waals surface area (Å²) in [5.41, 5.74) is 4.52. The quantitative estimate of drug-likeness (QED) is 0.816. The fourth-order valence-corrected chi connectivity index (χ4v) is 3.01. The summed E-state index contributed by atoms with van der Waals surface area (Å²) in [4.78, 5) is 23.3. The Morgan fingerprint density at radius 1 is 1.17 bits per heavy atom. The Morgan fingerprint density at radius 2 is 1.83 bits per heavy atom. The molecule has 1 aliphatic heterocycles. The molecule has 0 fully saturated rings. The molecule has 0 saturated heterocycles. The van der Waals surface area contributed by atoms with Crippen LogP contribution in [0.4, 0.5) is 5.95 Å². The lowest BCUT2D eigenvalue weighted by Crippen LogP contribution is -2.32. The van der Waals surface area contributed by atoms with Crippen LogP contribution in [0.5, 0.6) is 0 Å². The van der Waals surface area contributed by atoms with E-state index in [-0.39, 0.29) is 5.97 Å². The normalized spacial score (nSPS) is 13.6. The summed E-state index contributed by atoms with van der Waals surface area (Å²) in [5, 5.41) is 0. The Morgan fingerprint density at radius 3 is 2.48 bits per heavy atom. The molecule has 0 spiro atoms. The lowest BCUT2D eigenvalue weighted by molar-refractivity contribution is 0.0523. The molecule has 1 aliphatic rings. The first-order valence-electron chi connectivity index (χ1n) is 7.94. The monoisotopic (exact) mass is 311 g/mol. The molecule has 0 atom stereocenters. The minimum atomic E-state index is -0.349. The Hall–Kier alpha value is -2.43. The van der Waals surface area contributed by atoms with Crippen molar-refractivity contribution in [3.63, 3.8) is 0 Å². The van der Waals surface area contributed by atoms with Crippen molar-refractivity contribution in [2.45, 2.75) is 33.7 Å². The summed E-state index contributed by atoms with van der Waals surface area (Å²) < 4.78 is 5.09. The van der Waals surface area contributed by atoms with E-state index in [4.69, 9.17) is 4.74 Å². The first-order chi connectivity index (χ1) is 11.1. The number of ether oxygens (including phenoxy) is 1. The average molecular weight is 311 g/mol. The Kier molecular flexibility index (Phi) is 4.28. The number of anilines is 1. The molecule has 0 amide bonds. The maximum absolute atomic E-state index is 12.0. The van der Waals surface area contributed by atoms with Gasteiger partial charge in [0, 0.05) is 13.1 Å². The van der Waals surface area contributed by atoms with Crippen LogP contribution >= 0.6 is 0 Å². The second-order valence-electron chi connectivity index (χ2n) is 5.73. The fourth-order valence-electron chi connectivity index (χ4n) is 3.01. The van der Waals surface area contributed by atoms with Gasteiger partial charge in [-0.25, -0.2) is 14.8 Å². The summed E-state index contributed by atoms with van der Waals surface area (Å²) in [7, 11) is 0. The molecule has 0 unspecified atom stereocenters. The number of nitrogens with zero attached hydrogens (tertiary/aromatic N) is 3. The third-order valence-electron chi connectivity index (χ3n) is 4.15. The lowest BCUT2D eigenvalue weighted by Gasteiger charge is -2.29. The number of benzene rings is 1. The zero-order chi connectivity index (χ0) is 16.4. The summed E-state index contributed by atoms with van der Waals surface area (Å²) in [5.74, 6) is 0.334. The lowest BCUT2D eigenvalue weighted by atomic mass is 10.0. The van der Waals surface area contributed by atoms with Gasteiger partial charge < -0.3 is 9.64 Å². The van der Waals surface area contributed by atoms with E-state index in [1.807, 2.05) is 13.8 Å². The topological polar surface area (TPSA) is 55.3 Å². The van der Waals surface area contributed by atoms with Gasteiger partial charge in [0.1, 0.15) is 5.56 Å². The summed E-state index contributed by atoms with van der Waals surface area (Å²) in [6, 6.07) is 8.46. The van der Waals surface area contributed by atoms with E-state index in [1.54, 1.807) is 6.92 Å². The number of fused-ring (bicyclic) bond motifs is 1. The van der Waals surface area contributed by atoms with Crippen LogP contribution in [0.3, 0.4) is 0 Å². The first-order valence-corrected chi connectivity index (χ1v) is 7.94. The van der Waals surface area contributed by atoms with E-state index >= 15 is 0 Å². The summed E-state index contributed by atoms with van der Waals surface area (Å²) in [6.07, 6.45) is 0.983. The molecule has 23 heavy (non-hydrogen) atoms. The number of hydrogen-bond donors (Lipinski definition) is 0. The van der Waals surface area contributed by atoms with E-state index in [0.717, 1.165) is 19.5 Å². The van der Waals surface area contributed by atoms with E-state index in [0.29, 0.717) is 29.5 Å². The molecule has 5 heteroatoms. The van der Waals surface area contributed by atoms with Crippen LogP contribution in [0.15, 0.2) is 24.3 Å². The summed E-state index contributed by atoms with van der Waals surface area (Å²) >= 11 is 0. The molecule has 0 aliphatic carbocycles. The fraction of sp³-hybridized carbons (Fsp3) is 0.389. The molecular formula is C18H21N3O2. The maximum Gasteiger partial charge on any atom is 0.341 e. The number of carbonyl (C=O) groups excluding carboxylic acids is 1. The molecule has 0 saturated carbocycles. The van der Waals surface area contributed by atoms with Crippen LogP contribution < -0.4 is 4.90 Å². The number of hydrogen-bond acceptors (Lipinski definition) is 5. The van der Waals surface area contributed by atoms with Gasteiger partial charge in [0.2, 0.25) is 5.95 Å². The van der Waals surface area contributed by atoms with Crippen molar-refractivity contribution < 1.29 is 9.53 Å². The molecule has 3 rings (SSSR count). The van der Waals surface area contributed by atoms with Gasteiger partial charge >= 0.3 is 5.97 Å². The van der Waals surface area contributed by atoms with Crippen molar-refractivity contribution in [2.75, 3.05) is 18.1 Å². The molecule has 0 N–H and O–H groups in total. The Labute approximate surface area is 136 Å². The first kappa shape index (κ1) is 15.5. The van der Waals surface area contributed by atoms with Gasteiger partial charge in [-0.05, 0) is 38.3 Å². The van der Waals surface area contributed by atoms with Gasteiger partial charge in [-0.2, -0.15) is 0 Å². The zero-order valence-corrected chi connectivity index (χ0v) is 13.8. The molecular weight excluding hydrogens is 290 g/mol. The third kappa shape index (κ3) is 3.04. The second-order valence-corrected chi connectivity index (χ2v) is 5.73. The minimum Gasteiger partial charge on any atom is -0.462 e. The predicted molar refractivity (Wildman–Crippen MR) is 88.7 cm³/mol. The van der Waals surface area contributed by atoms with E-state index in [9.17, 15) is 4.79 Å². The highest BCUT2D eigenvalue weighted by atomic mass is 16.5. The van der Waals surface area contributed by atoms with Crippen molar-refractivity contribution in [2.24, 2.45) is 0 Å². The van der Waals surface area contributed by atoms with Gasteiger partial charge in [0.15, 0.2) is 0 Å². The predicted octanol–water partition coefficient (Wildman–Crippen LogP) is 2.83. The second kappa shape index (κ2) is 6.36. The molecule has 0 radical (unpaired) electrons. The molecule has 0 bridgehead atoms. The van der Waals surface area contributed by atoms with Crippen LogP contribution in [0.25, 0.3) is 0 Å². The summed E-state index contributed by atoms with van der Waals surface area (Å²) in [6.45, 7) is 7.50. The Bertz CT molecular complexity index is 720. The Balaban J connectivity index is 1.89. The largest absolute Gasteiger partial charge is 0.462 e. The number of rotatable bonds is 3. The number of aromatic nitrogens is 2.